The number of hydrogen-bond acceptors (Lipinski definition) is 3. The molecule has 2 amide bonds. The van der Waals surface area contributed by atoms with Crippen LogP contribution in [0.3, 0.4) is 0 Å². The molecule has 0 saturated carbocycles. The van der Waals surface area contributed by atoms with Gasteiger partial charge < -0.3 is 10.2 Å². The summed E-state index contributed by atoms with van der Waals surface area (Å²) in [4.78, 5) is 28.4. The van der Waals surface area contributed by atoms with E-state index in [9.17, 15) is 9.59 Å². The van der Waals surface area contributed by atoms with Crippen molar-refractivity contribution in [2.24, 2.45) is 0 Å². The molecule has 0 radical (unpaired) electrons. The first-order valence-corrected chi connectivity index (χ1v) is 11.9. The van der Waals surface area contributed by atoms with Crippen LogP contribution in [0.4, 0.5) is 0 Å². The molecular weight excluding hydrogens is 416 g/mol. The summed E-state index contributed by atoms with van der Waals surface area (Å²) in [6.45, 7) is 4.98. The van der Waals surface area contributed by atoms with Crippen LogP contribution in [0.1, 0.15) is 45.1 Å². The van der Waals surface area contributed by atoms with Crippen molar-refractivity contribution in [1.82, 2.24) is 10.2 Å². The zero-order valence-electron chi connectivity index (χ0n) is 17.8. The van der Waals surface area contributed by atoms with Crippen LogP contribution in [0.5, 0.6) is 0 Å². The van der Waals surface area contributed by atoms with Gasteiger partial charge in [-0.1, -0.05) is 55.3 Å². The highest BCUT2D eigenvalue weighted by atomic mass is 35.5. The number of hydrogen-bond donors (Lipinski definition) is 1. The Morgan fingerprint density at radius 1 is 1.07 bits per heavy atom. The van der Waals surface area contributed by atoms with Gasteiger partial charge in [0.25, 0.3) is 0 Å². The van der Waals surface area contributed by atoms with Gasteiger partial charge in [-0.05, 0) is 55.3 Å². The quantitative estimate of drug-likeness (QED) is 0.343. The minimum atomic E-state index is -0.501. The number of halogens is 1. The Hall–Kier alpha value is -1.98. The van der Waals surface area contributed by atoms with Crippen molar-refractivity contribution in [3.05, 3.63) is 65.2 Å². The molecule has 0 unspecified atom stereocenters. The van der Waals surface area contributed by atoms with E-state index >= 15 is 0 Å². The fourth-order valence-corrected chi connectivity index (χ4v) is 3.97. The van der Waals surface area contributed by atoms with Gasteiger partial charge in [-0.2, -0.15) is 0 Å². The molecule has 0 saturated heterocycles. The van der Waals surface area contributed by atoms with Gasteiger partial charge in [-0.3, -0.25) is 9.59 Å². The molecule has 1 atom stereocenters. The summed E-state index contributed by atoms with van der Waals surface area (Å²) < 4.78 is 0. The molecule has 0 spiro atoms. The van der Waals surface area contributed by atoms with Crippen molar-refractivity contribution in [3.63, 3.8) is 0 Å². The van der Waals surface area contributed by atoms with E-state index in [0.717, 1.165) is 40.5 Å². The van der Waals surface area contributed by atoms with Crippen LogP contribution in [-0.4, -0.2) is 35.1 Å². The molecule has 0 aromatic heterocycles. The Bertz CT molecular complexity index is 784. The maximum absolute atomic E-state index is 13.0. The third-order valence-corrected chi connectivity index (χ3v) is 6.16. The second-order valence-electron chi connectivity index (χ2n) is 7.23. The van der Waals surface area contributed by atoms with Crippen molar-refractivity contribution in [1.29, 1.82) is 0 Å². The third-order valence-electron chi connectivity index (χ3n) is 4.81. The maximum atomic E-state index is 13.0. The first kappa shape index (κ1) is 24.3. The molecular formula is C24H31ClN2O2S. The van der Waals surface area contributed by atoms with Crippen LogP contribution in [0.15, 0.2) is 59.5 Å². The van der Waals surface area contributed by atoms with Crippen molar-refractivity contribution in [2.75, 3.05) is 12.3 Å². The van der Waals surface area contributed by atoms with E-state index in [2.05, 4.69) is 12.2 Å². The predicted molar refractivity (Wildman–Crippen MR) is 126 cm³/mol. The number of carbonyl (C=O) groups is 2. The monoisotopic (exact) mass is 446 g/mol. The number of carbonyl (C=O) groups excluding carboxylic acids is 2. The second-order valence-corrected chi connectivity index (χ2v) is 8.84. The van der Waals surface area contributed by atoms with Gasteiger partial charge in [-0.15, -0.1) is 11.8 Å². The van der Waals surface area contributed by atoms with Crippen LogP contribution >= 0.6 is 23.4 Å². The van der Waals surface area contributed by atoms with Crippen LogP contribution < -0.4 is 5.32 Å². The van der Waals surface area contributed by atoms with E-state index in [1.54, 1.807) is 16.7 Å². The molecule has 2 aromatic carbocycles. The highest BCUT2D eigenvalue weighted by Crippen LogP contribution is 2.22. The largest absolute Gasteiger partial charge is 0.354 e. The lowest BCUT2D eigenvalue weighted by Crippen LogP contribution is -2.47. The first-order valence-electron chi connectivity index (χ1n) is 10.5. The molecule has 6 heteroatoms. The third kappa shape index (κ3) is 8.41. The van der Waals surface area contributed by atoms with Crippen LogP contribution in [-0.2, 0) is 16.1 Å². The molecule has 0 aliphatic carbocycles. The Morgan fingerprint density at radius 3 is 2.43 bits per heavy atom. The van der Waals surface area contributed by atoms with E-state index in [1.807, 2.05) is 61.5 Å². The molecule has 2 rings (SSSR count). The fourth-order valence-electron chi connectivity index (χ4n) is 2.99. The van der Waals surface area contributed by atoms with Crippen molar-refractivity contribution in [2.45, 2.75) is 57.0 Å². The highest BCUT2D eigenvalue weighted by molar-refractivity contribution is 7.99. The standard InChI is InChI=1S/C24H31ClN2O2S/c1-3-4-16-26-24(29)19(2)27(18-20-9-6-5-7-10-20)23(28)11-8-17-30-22-14-12-21(25)13-15-22/h5-7,9-10,12-15,19H,3-4,8,11,16-18H2,1-2H3,(H,26,29)/t19-/m0/s1. The number of rotatable bonds is 12. The summed E-state index contributed by atoms with van der Waals surface area (Å²) in [6, 6.07) is 17.0. The van der Waals surface area contributed by atoms with Crippen LogP contribution in [0.2, 0.25) is 5.02 Å². The summed E-state index contributed by atoms with van der Waals surface area (Å²) >= 11 is 7.63. The van der Waals surface area contributed by atoms with Gasteiger partial charge in [0.1, 0.15) is 6.04 Å². The lowest BCUT2D eigenvalue weighted by Gasteiger charge is -2.29. The summed E-state index contributed by atoms with van der Waals surface area (Å²) in [7, 11) is 0. The van der Waals surface area contributed by atoms with Crippen LogP contribution in [0.25, 0.3) is 0 Å². The number of nitrogens with zero attached hydrogens (tertiary/aromatic N) is 1. The van der Waals surface area contributed by atoms with Gasteiger partial charge in [0, 0.05) is 29.4 Å². The summed E-state index contributed by atoms with van der Waals surface area (Å²) in [5, 5.41) is 3.67. The van der Waals surface area contributed by atoms with Crippen molar-refractivity contribution >= 4 is 35.2 Å². The lowest BCUT2D eigenvalue weighted by atomic mass is 10.1. The van der Waals surface area contributed by atoms with Crippen molar-refractivity contribution < 1.29 is 9.59 Å². The lowest BCUT2D eigenvalue weighted by molar-refractivity contribution is -0.140. The summed E-state index contributed by atoms with van der Waals surface area (Å²) in [6.07, 6.45) is 3.13. The zero-order valence-corrected chi connectivity index (χ0v) is 19.3. The first-order chi connectivity index (χ1) is 14.5. The summed E-state index contributed by atoms with van der Waals surface area (Å²) in [5.74, 6) is 0.751. The molecule has 30 heavy (non-hydrogen) atoms. The Kier molecular flexibility index (Phi) is 10.8. The van der Waals surface area contributed by atoms with Gasteiger partial charge in [0.2, 0.25) is 11.8 Å². The molecule has 1 N–H and O–H groups in total. The SMILES string of the molecule is CCCCNC(=O)[C@H](C)N(Cc1ccccc1)C(=O)CCCSc1ccc(Cl)cc1. The second kappa shape index (κ2) is 13.3. The van der Waals surface area contributed by atoms with Gasteiger partial charge >= 0.3 is 0 Å². The van der Waals surface area contributed by atoms with E-state index < -0.39 is 6.04 Å². The van der Waals surface area contributed by atoms with E-state index in [-0.39, 0.29) is 11.8 Å². The number of benzene rings is 2. The topological polar surface area (TPSA) is 49.4 Å². The Balaban J connectivity index is 1.93. The smallest absolute Gasteiger partial charge is 0.242 e. The summed E-state index contributed by atoms with van der Waals surface area (Å²) in [5.41, 5.74) is 1.02. The molecule has 162 valence electrons. The van der Waals surface area contributed by atoms with Crippen molar-refractivity contribution in [3.8, 4) is 0 Å². The van der Waals surface area contributed by atoms with Crippen LogP contribution in [0, 0.1) is 0 Å². The average Bonchev–Trinajstić information content (AvgIpc) is 2.76. The van der Waals surface area contributed by atoms with Gasteiger partial charge in [-0.25, -0.2) is 0 Å². The molecule has 0 aliphatic rings. The zero-order chi connectivity index (χ0) is 21.8. The number of thioether (sulfide) groups is 1. The number of amides is 2. The molecule has 0 bridgehead atoms. The maximum Gasteiger partial charge on any atom is 0.242 e. The van der Waals surface area contributed by atoms with Gasteiger partial charge in [0.05, 0.1) is 0 Å². The number of nitrogens with one attached hydrogen (secondary N) is 1. The molecule has 0 heterocycles. The van der Waals surface area contributed by atoms with E-state index in [1.165, 1.54) is 0 Å². The fraction of sp³-hybridized carbons (Fsp3) is 0.417. The number of unbranched alkanes of at least 4 members (excludes halogenated alkanes) is 1. The van der Waals surface area contributed by atoms with E-state index in [4.69, 9.17) is 11.6 Å². The highest BCUT2D eigenvalue weighted by Gasteiger charge is 2.25. The molecule has 0 fully saturated rings. The molecule has 4 nitrogen and oxygen atoms in total. The predicted octanol–water partition coefficient (Wildman–Crippen LogP) is 5.55. The average molecular weight is 447 g/mol. The van der Waals surface area contributed by atoms with E-state index in [0.29, 0.717) is 19.5 Å². The normalized spacial score (nSPS) is 11.7. The molecule has 0 aliphatic heterocycles. The Morgan fingerprint density at radius 2 is 1.77 bits per heavy atom. The van der Waals surface area contributed by atoms with Gasteiger partial charge in [0.15, 0.2) is 0 Å². The minimum Gasteiger partial charge on any atom is -0.354 e. The minimum absolute atomic E-state index is 0.00806. The Labute approximate surface area is 189 Å². The molecule has 2 aromatic rings.